The third kappa shape index (κ3) is 4.80. The second-order valence-corrected chi connectivity index (χ2v) is 8.18. The van der Waals surface area contributed by atoms with Crippen LogP contribution in [0.3, 0.4) is 0 Å². The summed E-state index contributed by atoms with van der Waals surface area (Å²) in [5.74, 6) is 0.855. The van der Waals surface area contributed by atoms with Gasteiger partial charge in [-0.1, -0.05) is 37.1 Å². The average Bonchev–Trinajstić information content (AvgIpc) is 2.66. The summed E-state index contributed by atoms with van der Waals surface area (Å²) >= 11 is 6.08. The van der Waals surface area contributed by atoms with Gasteiger partial charge in [-0.15, -0.1) is 0 Å². The molecule has 3 rings (SSSR count). The Morgan fingerprint density at radius 1 is 1.18 bits per heavy atom. The number of halogens is 1. The standard InChI is InChI=1S/C23H30ClNO3/c1-5-6-12-27-21-19-14-18(25-15-16-8-7-9-17(24)13-16)10-11-20(19)28-23(2,3)22(21)26-4/h7-11,13-14,21-22,25H,5-6,12,15H2,1-4H3. The molecule has 0 fully saturated rings. The minimum Gasteiger partial charge on any atom is -0.485 e. The summed E-state index contributed by atoms with van der Waals surface area (Å²) in [6.45, 7) is 7.66. The van der Waals surface area contributed by atoms with Crippen LogP contribution in [0.5, 0.6) is 5.75 Å². The zero-order valence-corrected chi connectivity index (χ0v) is 17.9. The quantitative estimate of drug-likeness (QED) is 0.549. The summed E-state index contributed by atoms with van der Waals surface area (Å²) in [5.41, 5.74) is 2.71. The second kappa shape index (κ2) is 9.17. The molecule has 2 atom stereocenters. The number of benzene rings is 2. The summed E-state index contributed by atoms with van der Waals surface area (Å²) in [6, 6.07) is 14.0. The Morgan fingerprint density at radius 2 is 2.00 bits per heavy atom. The van der Waals surface area contributed by atoms with Crippen molar-refractivity contribution in [2.24, 2.45) is 0 Å². The van der Waals surface area contributed by atoms with Crippen molar-refractivity contribution in [3.05, 3.63) is 58.6 Å². The highest BCUT2D eigenvalue weighted by molar-refractivity contribution is 6.30. The van der Waals surface area contributed by atoms with Crippen molar-refractivity contribution in [2.45, 2.75) is 58.0 Å². The van der Waals surface area contributed by atoms with Gasteiger partial charge in [0.05, 0.1) is 0 Å². The van der Waals surface area contributed by atoms with Crippen LogP contribution in [0.1, 0.15) is 50.8 Å². The molecule has 4 nitrogen and oxygen atoms in total. The number of rotatable bonds is 8. The predicted molar refractivity (Wildman–Crippen MR) is 114 cm³/mol. The molecular weight excluding hydrogens is 374 g/mol. The van der Waals surface area contributed by atoms with Crippen molar-refractivity contribution >= 4 is 17.3 Å². The van der Waals surface area contributed by atoms with Gasteiger partial charge >= 0.3 is 0 Å². The number of ether oxygens (including phenoxy) is 3. The summed E-state index contributed by atoms with van der Waals surface area (Å²) in [7, 11) is 1.72. The van der Waals surface area contributed by atoms with Crippen molar-refractivity contribution < 1.29 is 14.2 Å². The van der Waals surface area contributed by atoms with Crippen molar-refractivity contribution in [1.82, 2.24) is 0 Å². The lowest BCUT2D eigenvalue weighted by Crippen LogP contribution is -2.50. The summed E-state index contributed by atoms with van der Waals surface area (Å²) in [6.07, 6.45) is 1.78. The summed E-state index contributed by atoms with van der Waals surface area (Å²) in [5, 5.41) is 4.21. The molecule has 0 bridgehead atoms. The average molecular weight is 404 g/mol. The van der Waals surface area contributed by atoms with E-state index in [1.807, 2.05) is 44.2 Å². The van der Waals surface area contributed by atoms with E-state index in [4.69, 9.17) is 25.8 Å². The highest BCUT2D eigenvalue weighted by atomic mass is 35.5. The third-order valence-corrected chi connectivity index (χ3v) is 5.32. The number of hydrogen-bond acceptors (Lipinski definition) is 4. The molecule has 0 amide bonds. The van der Waals surface area contributed by atoms with E-state index in [0.717, 1.165) is 40.4 Å². The highest BCUT2D eigenvalue weighted by Gasteiger charge is 2.45. The van der Waals surface area contributed by atoms with Gasteiger partial charge in [0.2, 0.25) is 0 Å². The minimum atomic E-state index is -0.464. The predicted octanol–water partition coefficient (Wildman–Crippen LogP) is 6.00. The maximum Gasteiger partial charge on any atom is 0.132 e. The zero-order chi connectivity index (χ0) is 20.1. The molecule has 2 aromatic carbocycles. The first-order valence-corrected chi connectivity index (χ1v) is 10.3. The van der Waals surface area contributed by atoms with Gasteiger partial charge in [-0.2, -0.15) is 0 Å². The number of anilines is 1. The van der Waals surface area contributed by atoms with Gasteiger partial charge in [-0.05, 0) is 56.2 Å². The van der Waals surface area contributed by atoms with Crippen LogP contribution >= 0.6 is 11.6 Å². The van der Waals surface area contributed by atoms with E-state index in [9.17, 15) is 0 Å². The first-order chi connectivity index (χ1) is 13.4. The number of nitrogens with one attached hydrogen (secondary N) is 1. The fraction of sp³-hybridized carbons (Fsp3) is 0.478. The first kappa shape index (κ1) is 21.0. The Morgan fingerprint density at radius 3 is 2.71 bits per heavy atom. The Kier molecular flexibility index (Phi) is 6.86. The first-order valence-electron chi connectivity index (χ1n) is 9.90. The monoisotopic (exact) mass is 403 g/mol. The van der Waals surface area contributed by atoms with E-state index in [1.54, 1.807) is 7.11 Å². The Labute approximate surface area is 173 Å². The van der Waals surface area contributed by atoms with Gasteiger partial charge in [0.15, 0.2) is 0 Å². The molecule has 1 aliphatic rings. The number of unbranched alkanes of at least 4 members (excludes halogenated alkanes) is 1. The van der Waals surface area contributed by atoms with E-state index in [2.05, 4.69) is 24.4 Å². The Hall–Kier alpha value is -1.75. The molecule has 0 aliphatic carbocycles. The molecule has 0 saturated heterocycles. The fourth-order valence-corrected chi connectivity index (χ4v) is 3.85. The lowest BCUT2D eigenvalue weighted by atomic mass is 9.88. The van der Waals surface area contributed by atoms with Gasteiger partial charge in [-0.25, -0.2) is 0 Å². The van der Waals surface area contributed by atoms with E-state index >= 15 is 0 Å². The van der Waals surface area contributed by atoms with Crippen LogP contribution in [-0.2, 0) is 16.0 Å². The second-order valence-electron chi connectivity index (χ2n) is 7.74. The molecule has 1 heterocycles. The van der Waals surface area contributed by atoms with Crippen LogP contribution in [0, 0.1) is 0 Å². The molecule has 2 aromatic rings. The van der Waals surface area contributed by atoms with Crippen molar-refractivity contribution in [2.75, 3.05) is 19.0 Å². The lowest BCUT2D eigenvalue weighted by molar-refractivity contribution is -0.150. The van der Waals surface area contributed by atoms with Gasteiger partial charge < -0.3 is 19.5 Å². The van der Waals surface area contributed by atoms with Crippen LogP contribution in [0.2, 0.25) is 5.02 Å². The van der Waals surface area contributed by atoms with E-state index in [-0.39, 0.29) is 12.2 Å². The van der Waals surface area contributed by atoms with E-state index in [0.29, 0.717) is 13.2 Å². The molecule has 0 saturated carbocycles. The lowest BCUT2D eigenvalue weighted by Gasteiger charge is -2.43. The normalized spacial score (nSPS) is 20.3. The van der Waals surface area contributed by atoms with Gasteiger partial charge in [0.25, 0.3) is 0 Å². The number of fused-ring (bicyclic) bond motifs is 1. The van der Waals surface area contributed by atoms with E-state index in [1.165, 1.54) is 0 Å². The topological polar surface area (TPSA) is 39.7 Å². The van der Waals surface area contributed by atoms with Crippen LogP contribution < -0.4 is 10.1 Å². The van der Waals surface area contributed by atoms with Crippen LogP contribution in [0.25, 0.3) is 0 Å². The zero-order valence-electron chi connectivity index (χ0n) is 17.1. The maximum atomic E-state index is 6.27. The van der Waals surface area contributed by atoms with Crippen molar-refractivity contribution in [3.8, 4) is 5.75 Å². The summed E-state index contributed by atoms with van der Waals surface area (Å²) < 4.78 is 18.3. The van der Waals surface area contributed by atoms with Crippen LogP contribution in [-0.4, -0.2) is 25.4 Å². The Balaban J connectivity index is 1.83. The third-order valence-electron chi connectivity index (χ3n) is 5.08. The van der Waals surface area contributed by atoms with Crippen LogP contribution in [0.15, 0.2) is 42.5 Å². The SMILES string of the molecule is CCCCOC1c2cc(NCc3cccc(Cl)c3)ccc2OC(C)(C)C1OC. The van der Waals surface area contributed by atoms with Gasteiger partial charge in [-0.3, -0.25) is 0 Å². The fourth-order valence-electron chi connectivity index (χ4n) is 3.63. The molecule has 1 N–H and O–H groups in total. The number of methoxy groups -OCH3 is 1. The van der Waals surface area contributed by atoms with Crippen molar-refractivity contribution in [1.29, 1.82) is 0 Å². The van der Waals surface area contributed by atoms with E-state index < -0.39 is 5.60 Å². The summed E-state index contributed by atoms with van der Waals surface area (Å²) in [4.78, 5) is 0. The number of hydrogen-bond donors (Lipinski definition) is 1. The van der Waals surface area contributed by atoms with Crippen molar-refractivity contribution in [3.63, 3.8) is 0 Å². The van der Waals surface area contributed by atoms with Crippen LogP contribution in [0.4, 0.5) is 5.69 Å². The molecule has 1 aliphatic heterocycles. The minimum absolute atomic E-state index is 0.164. The van der Waals surface area contributed by atoms with Gasteiger partial charge in [0.1, 0.15) is 23.6 Å². The largest absolute Gasteiger partial charge is 0.485 e. The highest BCUT2D eigenvalue weighted by Crippen LogP contribution is 2.44. The molecule has 0 aromatic heterocycles. The molecule has 2 unspecified atom stereocenters. The maximum absolute atomic E-state index is 6.27. The molecule has 152 valence electrons. The molecule has 0 spiro atoms. The smallest absolute Gasteiger partial charge is 0.132 e. The van der Waals surface area contributed by atoms with Gasteiger partial charge in [0, 0.05) is 36.5 Å². The molecule has 28 heavy (non-hydrogen) atoms. The molecule has 0 radical (unpaired) electrons. The molecular formula is C23H30ClNO3. The Bertz CT molecular complexity index is 793. The molecule has 5 heteroatoms.